The molecule has 0 spiro atoms. The van der Waals surface area contributed by atoms with Gasteiger partial charge in [0.15, 0.2) is 11.5 Å². The molecule has 1 aromatic rings. The first-order valence-corrected chi connectivity index (χ1v) is 14.0. The number of benzene rings is 1. The maximum absolute atomic E-state index is 12.4. The van der Waals surface area contributed by atoms with Gasteiger partial charge in [0.1, 0.15) is 6.04 Å². The summed E-state index contributed by atoms with van der Waals surface area (Å²) in [6, 6.07) is 2.84. The van der Waals surface area contributed by atoms with Gasteiger partial charge in [-0.25, -0.2) is 9.59 Å². The molecule has 11 nitrogen and oxygen atoms in total. The van der Waals surface area contributed by atoms with Gasteiger partial charge in [-0.1, -0.05) is 61.5 Å². The molecule has 1 rings (SSSR count). The van der Waals surface area contributed by atoms with Gasteiger partial charge in [0, 0.05) is 5.92 Å². The molecule has 0 aromatic heterocycles. The molecule has 41 heavy (non-hydrogen) atoms. The number of esters is 1. The van der Waals surface area contributed by atoms with Crippen molar-refractivity contribution in [3.8, 4) is 11.5 Å². The fourth-order valence-electron chi connectivity index (χ4n) is 3.75. The number of carbonyl (C=O) groups is 4. The monoisotopic (exact) mass is 581 g/mol. The highest BCUT2D eigenvalue weighted by Gasteiger charge is 2.33. The largest absolute Gasteiger partial charge is 0.513 e. The van der Waals surface area contributed by atoms with E-state index in [9.17, 15) is 24.3 Å². The minimum absolute atomic E-state index is 0.0889. The Morgan fingerprint density at radius 1 is 0.829 bits per heavy atom. The van der Waals surface area contributed by atoms with Gasteiger partial charge in [0.05, 0.1) is 26.2 Å². The Hall–Kier alpha value is -3.34. The first-order chi connectivity index (χ1) is 19.0. The third kappa shape index (κ3) is 14.2. The number of carboxylic acids is 1. The van der Waals surface area contributed by atoms with Crippen LogP contribution in [0.5, 0.6) is 11.5 Å². The van der Waals surface area contributed by atoms with Crippen molar-refractivity contribution < 1.29 is 48.0 Å². The standard InChI is InChI=1S/C30H47NO10/c1-18(2)11-13-37-28(35)40-22-10-9-21(15-23(22)41-29(36)38-14-12-19(3)4)25(26(31)27(33)34)20(5)17-39-24(32)16-30(6,7)8/h9-10,15,18-20,25-26H,11-14,16-17,31H2,1-8H3,(H,33,34)/t20?,25?,26-/m0/s1. The van der Waals surface area contributed by atoms with E-state index >= 15 is 0 Å². The van der Waals surface area contributed by atoms with Crippen LogP contribution in [0.15, 0.2) is 18.2 Å². The number of carbonyl (C=O) groups excluding carboxylic acids is 3. The van der Waals surface area contributed by atoms with Gasteiger partial charge in [-0.05, 0) is 53.7 Å². The zero-order valence-electron chi connectivity index (χ0n) is 25.6. The van der Waals surface area contributed by atoms with Crippen LogP contribution in [0, 0.1) is 23.2 Å². The lowest BCUT2D eigenvalue weighted by Crippen LogP contribution is -2.40. The summed E-state index contributed by atoms with van der Waals surface area (Å²) in [5.41, 5.74) is 6.15. The van der Waals surface area contributed by atoms with Crippen molar-refractivity contribution in [2.45, 2.75) is 86.6 Å². The smallest absolute Gasteiger partial charge is 0.480 e. The predicted octanol–water partition coefficient (Wildman–Crippen LogP) is 5.92. The van der Waals surface area contributed by atoms with Crippen LogP contribution >= 0.6 is 0 Å². The minimum Gasteiger partial charge on any atom is -0.480 e. The topological polar surface area (TPSA) is 161 Å². The van der Waals surface area contributed by atoms with Gasteiger partial charge in [0.25, 0.3) is 0 Å². The number of hydrogen-bond acceptors (Lipinski definition) is 10. The van der Waals surface area contributed by atoms with E-state index in [-0.39, 0.29) is 43.2 Å². The fourth-order valence-corrected chi connectivity index (χ4v) is 3.75. The molecule has 0 aliphatic carbocycles. The van der Waals surface area contributed by atoms with E-state index in [2.05, 4.69) is 0 Å². The molecule has 0 aliphatic heterocycles. The van der Waals surface area contributed by atoms with Crippen LogP contribution < -0.4 is 15.2 Å². The Morgan fingerprint density at radius 3 is 1.80 bits per heavy atom. The third-order valence-electron chi connectivity index (χ3n) is 6.04. The summed E-state index contributed by atoms with van der Waals surface area (Å²) in [5.74, 6) is -2.79. The summed E-state index contributed by atoms with van der Waals surface area (Å²) in [7, 11) is 0. The van der Waals surface area contributed by atoms with E-state index in [1.807, 2.05) is 48.5 Å². The van der Waals surface area contributed by atoms with Gasteiger partial charge < -0.3 is 34.5 Å². The van der Waals surface area contributed by atoms with Gasteiger partial charge in [-0.3, -0.25) is 9.59 Å². The Morgan fingerprint density at radius 2 is 1.34 bits per heavy atom. The van der Waals surface area contributed by atoms with Crippen molar-refractivity contribution in [2.75, 3.05) is 19.8 Å². The van der Waals surface area contributed by atoms with Crippen LogP contribution in [0.2, 0.25) is 0 Å². The van der Waals surface area contributed by atoms with E-state index in [4.69, 9.17) is 29.4 Å². The Kier molecular flexibility index (Phi) is 14.6. The Labute approximate surface area is 243 Å². The van der Waals surface area contributed by atoms with Crippen molar-refractivity contribution >= 4 is 24.2 Å². The molecule has 0 saturated heterocycles. The quantitative estimate of drug-likeness (QED) is 0.144. The Bertz CT molecular complexity index is 1020. The van der Waals surface area contributed by atoms with Crippen LogP contribution in [0.4, 0.5) is 9.59 Å². The SMILES string of the molecule is CC(C)CCOC(=O)Oc1ccc(C(C(C)COC(=O)CC(C)(C)C)[C@H](N)C(=O)O)cc1OC(=O)OCCC(C)C. The first-order valence-electron chi connectivity index (χ1n) is 14.0. The number of rotatable bonds is 15. The van der Waals surface area contributed by atoms with Gasteiger partial charge >= 0.3 is 24.2 Å². The van der Waals surface area contributed by atoms with Gasteiger partial charge in [-0.2, -0.15) is 0 Å². The number of aliphatic carboxylic acids is 1. The molecule has 11 heteroatoms. The van der Waals surface area contributed by atoms with E-state index in [1.54, 1.807) is 6.92 Å². The molecule has 0 bridgehead atoms. The van der Waals surface area contributed by atoms with Crippen LogP contribution in [0.3, 0.4) is 0 Å². The molecule has 232 valence electrons. The maximum atomic E-state index is 12.4. The van der Waals surface area contributed by atoms with Crippen molar-refractivity contribution in [1.82, 2.24) is 0 Å². The second-order valence-electron chi connectivity index (χ2n) is 12.3. The fraction of sp³-hybridized carbons (Fsp3) is 0.667. The predicted molar refractivity (Wildman–Crippen MR) is 152 cm³/mol. The second kappa shape index (κ2) is 16.8. The summed E-state index contributed by atoms with van der Waals surface area (Å²) in [5, 5.41) is 9.72. The molecule has 0 radical (unpaired) electrons. The molecular formula is C30H47NO10. The van der Waals surface area contributed by atoms with E-state index in [0.717, 1.165) is 0 Å². The highest BCUT2D eigenvalue weighted by Crippen LogP contribution is 2.36. The lowest BCUT2D eigenvalue weighted by Gasteiger charge is -2.28. The molecule has 0 heterocycles. The first kappa shape index (κ1) is 35.7. The van der Waals surface area contributed by atoms with E-state index < -0.39 is 42.1 Å². The average Bonchev–Trinajstić information content (AvgIpc) is 2.82. The zero-order chi connectivity index (χ0) is 31.3. The number of hydrogen-bond donors (Lipinski definition) is 2. The lowest BCUT2D eigenvalue weighted by molar-refractivity contribution is -0.147. The number of ether oxygens (including phenoxy) is 5. The van der Waals surface area contributed by atoms with Crippen molar-refractivity contribution in [2.24, 2.45) is 28.9 Å². The van der Waals surface area contributed by atoms with E-state index in [1.165, 1.54) is 18.2 Å². The molecule has 2 unspecified atom stereocenters. The van der Waals surface area contributed by atoms with Crippen LogP contribution in [-0.2, 0) is 23.8 Å². The summed E-state index contributed by atoms with van der Waals surface area (Å²) >= 11 is 0. The zero-order valence-corrected chi connectivity index (χ0v) is 25.6. The highest BCUT2D eigenvalue weighted by molar-refractivity contribution is 5.75. The molecule has 0 fully saturated rings. The molecule has 1 aromatic carbocycles. The van der Waals surface area contributed by atoms with E-state index in [0.29, 0.717) is 30.2 Å². The molecule has 0 amide bonds. The van der Waals surface area contributed by atoms with Crippen LogP contribution in [-0.4, -0.2) is 55.2 Å². The Balaban J connectivity index is 3.28. The normalized spacial score (nSPS) is 13.7. The molecule has 3 N–H and O–H groups in total. The molecule has 0 saturated carbocycles. The minimum atomic E-state index is -1.38. The highest BCUT2D eigenvalue weighted by atomic mass is 16.7. The molecular weight excluding hydrogens is 534 g/mol. The summed E-state index contributed by atoms with van der Waals surface area (Å²) in [6.07, 6.45) is -0.585. The van der Waals surface area contributed by atoms with Gasteiger partial charge in [0.2, 0.25) is 0 Å². The average molecular weight is 582 g/mol. The van der Waals surface area contributed by atoms with Crippen molar-refractivity contribution in [3.63, 3.8) is 0 Å². The van der Waals surface area contributed by atoms with Crippen LogP contribution in [0.1, 0.15) is 86.1 Å². The number of nitrogens with two attached hydrogens (primary N) is 1. The van der Waals surface area contributed by atoms with Crippen LogP contribution in [0.25, 0.3) is 0 Å². The summed E-state index contributed by atoms with van der Waals surface area (Å²) in [6.45, 7) is 15.5. The maximum Gasteiger partial charge on any atom is 0.513 e. The van der Waals surface area contributed by atoms with Crippen molar-refractivity contribution in [1.29, 1.82) is 0 Å². The second-order valence-corrected chi connectivity index (χ2v) is 12.3. The molecule has 3 atom stereocenters. The summed E-state index contributed by atoms with van der Waals surface area (Å²) in [4.78, 5) is 48.9. The van der Waals surface area contributed by atoms with Crippen molar-refractivity contribution in [3.05, 3.63) is 23.8 Å². The lowest BCUT2D eigenvalue weighted by atomic mass is 9.82. The van der Waals surface area contributed by atoms with Gasteiger partial charge in [-0.15, -0.1) is 0 Å². The third-order valence-corrected chi connectivity index (χ3v) is 6.04. The molecule has 0 aliphatic rings. The number of carboxylic acid groups (broad SMARTS) is 1. The summed E-state index contributed by atoms with van der Waals surface area (Å²) < 4.78 is 26.3.